The SMILES string of the molecule is COc1cc(NC(=O)C2CCCCN2)ccc1F.Cl. The molecule has 1 atom stereocenters. The van der Waals surface area contributed by atoms with Crippen LogP contribution in [0.4, 0.5) is 10.1 Å². The normalized spacial score (nSPS) is 18.3. The molecule has 19 heavy (non-hydrogen) atoms. The second kappa shape index (κ2) is 7.31. The zero-order chi connectivity index (χ0) is 13.0. The van der Waals surface area contributed by atoms with Gasteiger partial charge >= 0.3 is 0 Å². The molecule has 2 rings (SSSR count). The summed E-state index contributed by atoms with van der Waals surface area (Å²) >= 11 is 0. The van der Waals surface area contributed by atoms with E-state index in [1.807, 2.05) is 0 Å². The first-order valence-electron chi connectivity index (χ1n) is 6.08. The molecule has 0 aromatic heterocycles. The lowest BCUT2D eigenvalue weighted by molar-refractivity contribution is -0.118. The fourth-order valence-electron chi connectivity index (χ4n) is 2.04. The molecule has 1 aromatic carbocycles. The van der Waals surface area contributed by atoms with Gasteiger partial charge in [-0.3, -0.25) is 4.79 Å². The molecule has 1 heterocycles. The fourth-order valence-corrected chi connectivity index (χ4v) is 2.04. The van der Waals surface area contributed by atoms with Gasteiger partial charge in [0.25, 0.3) is 0 Å². The third-order valence-electron chi connectivity index (χ3n) is 3.05. The smallest absolute Gasteiger partial charge is 0.241 e. The zero-order valence-electron chi connectivity index (χ0n) is 10.7. The van der Waals surface area contributed by atoms with Crippen LogP contribution in [0.25, 0.3) is 0 Å². The van der Waals surface area contributed by atoms with Crippen LogP contribution in [-0.2, 0) is 4.79 Å². The molecule has 2 N–H and O–H groups in total. The van der Waals surface area contributed by atoms with Crippen LogP contribution in [0.15, 0.2) is 18.2 Å². The molecule has 0 spiro atoms. The van der Waals surface area contributed by atoms with E-state index in [1.54, 1.807) is 0 Å². The molecule has 1 fully saturated rings. The number of piperidine rings is 1. The molecule has 0 aliphatic carbocycles. The van der Waals surface area contributed by atoms with Gasteiger partial charge in [0.1, 0.15) is 0 Å². The number of benzene rings is 1. The van der Waals surface area contributed by atoms with Crippen molar-refractivity contribution in [3.63, 3.8) is 0 Å². The van der Waals surface area contributed by atoms with Gasteiger partial charge in [0.15, 0.2) is 11.6 Å². The Balaban J connectivity index is 0.00000180. The lowest BCUT2D eigenvalue weighted by Gasteiger charge is -2.22. The first kappa shape index (κ1) is 15.7. The van der Waals surface area contributed by atoms with Gasteiger partial charge in [-0.05, 0) is 31.5 Å². The van der Waals surface area contributed by atoms with Crippen molar-refractivity contribution in [3.8, 4) is 5.75 Å². The van der Waals surface area contributed by atoms with Crippen LogP contribution in [0.5, 0.6) is 5.75 Å². The molecule has 1 aliphatic rings. The number of ether oxygens (including phenoxy) is 1. The molecule has 0 radical (unpaired) electrons. The van der Waals surface area contributed by atoms with Crippen LogP contribution >= 0.6 is 12.4 Å². The summed E-state index contributed by atoms with van der Waals surface area (Å²) in [6.45, 7) is 0.866. The second-order valence-corrected chi connectivity index (χ2v) is 4.34. The van der Waals surface area contributed by atoms with Crippen LogP contribution in [0, 0.1) is 5.82 Å². The van der Waals surface area contributed by atoms with Crippen molar-refractivity contribution in [1.29, 1.82) is 0 Å². The molecular formula is C13H18ClFN2O2. The van der Waals surface area contributed by atoms with Crippen molar-refractivity contribution in [1.82, 2.24) is 5.32 Å². The third kappa shape index (κ3) is 4.08. The highest BCUT2D eigenvalue weighted by Gasteiger charge is 2.20. The van der Waals surface area contributed by atoms with Crippen LogP contribution in [-0.4, -0.2) is 25.6 Å². The second-order valence-electron chi connectivity index (χ2n) is 4.34. The van der Waals surface area contributed by atoms with E-state index in [0.29, 0.717) is 5.69 Å². The third-order valence-corrected chi connectivity index (χ3v) is 3.05. The minimum atomic E-state index is -0.439. The molecule has 1 amide bonds. The molecular weight excluding hydrogens is 271 g/mol. The predicted molar refractivity (Wildman–Crippen MR) is 74.5 cm³/mol. The Hall–Kier alpha value is -1.33. The van der Waals surface area contributed by atoms with Gasteiger partial charge in [0.2, 0.25) is 5.91 Å². The van der Waals surface area contributed by atoms with Crippen molar-refractivity contribution in [2.75, 3.05) is 19.0 Å². The lowest BCUT2D eigenvalue weighted by atomic mass is 10.0. The van der Waals surface area contributed by atoms with E-state index >= 15 is 0 Å². The Labute approximate surface area is 118 Å². The zero-order valence-corrected chi connectivity index (χ0v) is 11.6. The van der Waals surface area contributed by atoms with Gasteiger partial charge in [0, 0.05) is 11.8 Å². The largest absolute Gasteiger partial charge is 0.494 e. The Morgan fingerprint density at radius 3 is 2.89 bits per heavy atom. The molecule has 6 heteroatoms. The lowest BCUT2D eigenvalue weighted by Crippen LogP contribution is -2.43. The van der Waals surface area contributed by atoms with Crippen molar-refractivity contribution in [2.24, 2.45) is 0 Å². The molecule has 4 nitrogen and oxygen atoms in total. The number of amides is 1. The van der Waals surface area contributed by atoms with E-state index in [4.69, 9.17) is 4.74 Å². The predicted octanol–water partition coefficient (Wildman–Crippen LogP) is 2.34. The van der Waals surface area contributed by atoms with Gasteiger partial charge in [0.05, 0.1) is 13.2 Å². The Morgan fingerprint density at radius 2 is 2.26 bits per heavy atom. The van der Waals surface area contributed by atoms with Gasteiger partial charge in [-0.25, -0.2) is 4.39 Å². The first-order valence-corrected chi connectivity index (χ1v) is 6.08. The number of carbonyl (C=O) groups is 1. The Kier molecular flexibility index (Phi) is 6.05. The maximum atomic E-state index is 13.2. The summed E-state index contributed by atoms with van der Waals surface area (Å²) in [5.41, 5.74) is 0.547. The van der Waals surface area contributed by atoms with Crippen molar-refractivity contribution in [2.45, 2.75) is 25.3 Å². The molecule has 106 valence electrons. The first-order chi connectivity index (χ1) is 8.70. The number of hydrogen-bond donors (Lipinski definition) is 2. The van der Waals surface area contributed by atoms with E-state index in [-0.39, 0.29) is 30.1 Å². The topological polar surface area (TPSA) is 50.4 Å². The maximum Gasteiger partial charge on any atom is 0.241 e. The molecule has 0 saturated carbocycles. The molecule has 0 bridgehead atoms. The van der Waals surface area contributed by atoms with Crippen LogP contribution in [0.1, 0.15) is 19.3 Å². The van der Waals surface area contributed by atoms with Gasteiger partial charge in [-0.15, -0.1) is 12.4 Å². The van der Waals surface area contributed by atoms with Gasteiger partial charge < -0.3 is 15.4 Å². The minimum Gasteiger partial charge on any atom is -0.494 e. The number of nitrogens with one attached hydrogen (secondary N) is 2. The number of methoxy groups -OCH3 is 1. The summed E-state index contributed by atoms with van der Waals surface area (Å²) < 4.78 is 18.1. The summed E-state index contributed by atoms with van der Waals surface area (Å²) in [7, 11) is 1.40. The van der Waals surface area contributed by atoms with Gasteiger partial charge in [-0.2, -0.15) is 0 Å². The highest BCUT2D eigenvalue weighted by Crippen LogP contribution is 2.21. The fraction of sp³-hybridized carbons (Fsp3) is 0.462. The summed E-state index contributed by atoms with van der Waals surface area (Å²) in [6, 6.07) is 4.13. The van der Waals surface area contributed by atoms with Crippen LogP contribution < -0.4 is 15.4 Å². The molecule has 1 unspecified atom stereocenters. The number of carbonyl (C=O) groups excluding carboxylic acids is 1. The maximum absolute atomic E-state index is 13.2. The average molecular weight is 289 g/mol. The standard InChI is InChI=1S/C13H17FN2O2.ClH/c1-18-12-8-9(5-6-10(12)14)16-13(17)11-4-2-3-7-15-11;/h5-6,8,11,15H,2-4,7H2,1H3,(H,16,17);1H. The molecule has 1 aliphatic heterocycles. The average Bonchev–Trinajstić information content (AvgIpc) is 2.42. The van der Waals surface area contributed by atoms with Crippen LogP contribution in [0.3, 0.4) is 0 Å². The number of halogens is 2. The molecule has 1 saturated heterocycles. The summed E-state index contributed by atoms with van der Waals surface area (Å²) in [4.78, 5) is 11.9. The van der Waals surface area contributed by atoms with Crippen molar-refractivity contribution in [3.05, 3.63) is 24.0 Å². The van der Waals surface area contributed by atoms with Gasteiger partial charge in [-0.1, -0.05) is 6.42 Å². The highest BCUT2D eigenvalue weighted by atomic mass is 35.5. The summed E-state index contributed by atoms with van der Waals surface area (Å²) in [5, 5.41) is 5.93. The van der Waals surface area contributed by atoms with E-state index in [1.165, 1.54) is 25.3 Å². The van der Waals surface area contributed by atoms with Crippen LogP contribution in [0.2, 0.25) is 0 Å². The number of anilines is 1. The van der Waals surface area contributed by atoms with E-state index in [9.17, 15) is 9.18 Å². The van der Waals surface area contributed by atoms with Crippen molar-refractivity contribution >= 4 is 24.0 Å². The number of rotatable bonds is 3. The molecule has 1 aromatic rings. The summed E-state index contributed by atoms with van der Waals surface area (Å²) in [5.74, 6) is -0.390. The number of hydrogen-bond acceptors (Lipinski definition) is 3. The van der Waals surface area contributed by atoms with Crippen molar-refractivity contribution < 1.29 is 13.9 Å². The Bertz CT molecular complexity index is 437. The summed E-state index contributed by atoms with van der Waals surface area (Å²) in [6.07, 6.45) is 3.00. The minimum absolute atomic E-state index is 0. The highest BCUT2D eigenvalue weighted by molar-refractivity contribution is 5.95. The van der Waals surface area contributed by atoms with E-state index in [0.717, 1.165) is 25.8 Å². The monoisotopic (exact) mass is 288 g/mol. The quantitative estimate of drug-likeness (QED) is 0.897. The van der Waals surface area contributed by atoms with E-state index < -0.39 is 5.82 Å². The van der Waals surface area contributed by atoms with E-state index in [2.05, 4.69) is 10.6 Å². The Morgan fingerprint density at radius 1 is 1.47 bits per heavy atom.